The minimum Gasteiger partial charge on any atom is -0.868 e. The van der Waals surface area contributed by atoms with E-state index < -0.39 is 34.8 Å². The number of hydrogen-bond acceptors (Lipinski definition) is 1. The molecule has 1 aromatic rings. The van der Waals surface area contributed by atoms with Gasteiger partial charge < -0.3 is 9.59 Å². The number of nitrogens with zero attached hydrogens (tertiary/aromatic N) is 1. The van der Waals surface area contributed by atoms with Crippen molar-refractivity contribution in [1.82, 2.24) is 0 Å². The molecule has 0 aliphatic carbocycles. The maximum absolute atomic E-state index is 12.1. The molecular formula is C31H52F5NO. The van der Waals surface area contributed by atoms with Gasteiger partial charge in [-0.05, 0) is 18.6 Å². The number of unbranched alkanes of at least 4 members (excludes halogenated alkanes) is 17. The third-order valence-electron chi connectivity index (χ3n) is 7.87. The molecule has 1 aliphatic rings. The van der Waals surface area contributed by atoms with Crippen LogP contribution >= 0.6 is 0 Å². The Labute approximate surface area is 228 Å². The Morgan fingerprint density at radius 3 is 1.13 bits per heavy atom. The molecule has 0 atom stereocenters. The van der Waals surface area contributed by atoms with E-state index in [9.17, 15) is 27.1 Å². The van der Waals surface area contributed by atoms with Crippen LogP contribution in [0.4, 0.5) is 22.0 Å². The first-order valence-corrected chi connectivity index (χ1v) is 15.3. The highest BCUT2D eigenvalue weighted by atomic mass is 19.2. The van der Waals surface area contributed by atoms with Gasteiger partial charge in [0.1, 0.15) is 0 Å². The van der Waals surface area contributed by atoms with Crippen molar-refractivity contribution >= 4 is 0 Å². The van der Waals surface area contributed by atoms with Crippen molar-refractivity contribution in [2.24, 2.45) is 0 Å². The third-order valence-corrected chi connectivity index (χ3v) is 7.87. The standard InChI is InChI=1S/C25H52N.C6HF5O/c1-3-4-5-6-7-8-9-10-11-12-13-14-15-16-17-18-19-20-23-26(2)24-21-22-25-26;7-1-2(8)4(10)6(12)5(11)3(1)9/h3-25H2,1-2H3;12H/q+1;/p-1. The van der Waals surface area contributed by atoms with Gasteiger partial charge in [0, 0.05) is 12.8 Å². The fraction of sp³-hybridized carbons (Fsp3) is 0.806. The van der Waals surface area contributed by atoms with Crippen molar-refractivity contribution in [3.63, 3.8) is 0 Å². The molecule has 2 rings (SSSR count). The lowest BCUT2D eigenvalue weighted by Crippen LogP contribution is -2.41. The monoisotopic (exact) mass is 549 g/mol. The van der Waals surface area contributed by atoms with Gasteiger partial charge in [-0.25, -0.2) is 22.0 Å². The maximum Gasteiger partial charge on any atom is 0.200 e. The summed E-state index contributed by atoms with van der Waals surface area (Å²) in [5, 5.41) is 10.2. The van der Waals surface area contributed by atoms with Gasteiger partial charge in [0.2, 0.25) is 0 Å². The van der Waals surface area contributed by atoms with E-state index in [-0.39, 0.29) is 0 Å². The number of rotatable bonds is 19. The SMILES string of the molecule is CCCCCCCCCCCCCCCCCCCC[N+]1(C)CCCC1.[O-]c1c(F)c(F)c(F)c(F)c1F. The largest absolute Gasteiger partial charge is 0.868 e. The molecule has 0 spiro atoms. The first kappa shape index (κ1) is 34.7. The van der Waals surface area contributed by atoms with Gasteiger partial charge in [-0.15, -0.1) is 0 Å². The first-order valence-electron chi connectivity index (χ1n) is 15.3. The zero-order chi connectivity index (χ0) is 28.2. The molecule has 1 aromatic carbocycles. The average molecular weight is 550 g/mol. The van der Waals surface area contributed by atoms with Gasteiger partial charge in [0.05, 0.1) is 26.7 Å². The minimum atomic E-state index is -2.33. The zero-order valence-electron chi connectivity index (χ0n) is 24.0. The number of hydrogen-bond donors (Lipinski definition) is 0. The molecular weight excluding hydrogens is 497 g/mol. The van der Waals surface area contributed by atoms with Crippen LogP contribution in [-0.4, -0.2) is 31.2 Å². The summed E-state index contributed by atoms with van der Waals surface area (Å²) in [6, 6.07) is 0. The van der Waals surface area contributed by atoms with E-state index in [4.69, 9.17) is 0 Å². The molecule has 0 bridgehead atoms. The zero-order valence-corrected chi connectivity index (χ0v) is 24.0. The molecule has 0 saturated carbocycles. The van der Waals surface area contributed by atoms with Gasteiger partial charge in [0.25, 0.3) is 0 Å². The van der Waals surface area contributed by atoms with E-state index in [1.165, 1.54) is 153 Å². The lowest BCUT2D eigenvalue weighted by Gasteiger charge is -2.29. The van der Waals surface area contributed by atoms with Crippen molar-refractivity contribution in [3.05, 3.63) is 29.1 Å². The quantitative estimate of drug-likeness (QED) is 0.0554. The fourth-order valence-corrected chi connectivity index (χ4v) is 5.30. The first-order chi connectivity index (χ1) is 18.2. The van der Waals surface area contributed by atoms with Crippen molar-refractivity contribution in [1.29, 1.82) is 0 Å². The summed E-state index contributed by atoms with van der Waals surface area (Å²) in [7, 11) is 2.47. The molecule has 1 aliphatic heterocycles. The average Bonchev–Trinajstić information content (AvgIpc) is 3.35. The Balaban J connectivity index is 0.000000499. The van der Waals surface area contributed by atoms with Crippen molar-refractivity contribution in [3.8, 4) is 5.75 Å². The van der Waals surface area contributed by atoms with Crippen molar-refractivity contribution in [2.45, 2.75) is 135 Å². The van der Waals surface area contributed by atoms with Crippen LogP contribution < -0.4 is 5.11 Å². The molecule has 0 unspecified atom stereocenters. The molecule has 1 heterocycles. The topological polar surface area (TPSA) is 23.1 Å². The summed E-state index contributed by atoms with van der Waals surface area (Å²) in [6.07, 6.45) is 29.5. The highest BCUT2D eigenvalue weighted by molar-refractivity contribution is 5.26. The Hall–Kier alpha value is -1.37. The number of likely N-dealkylation sites (tertiary alicyclic amines) is 1. The van der Waals surface area contributed by atoms with Crippen LogP contribution in [0.3, 0.4) is 0 Å². The molecule has 0 aromatic heterocycles. The number of benzene rings is 1. The molecule has 0 amide bonds. The highest BCUT2D eigenvalue weighted by Gasteiger charge is 2.25. The van der Waals surface area contributed by atoms with E-state index in [1.54, 1.807) is 0 Å². The van der Waals surface area contributed by atoms with Gasteiger partial charge in [-0.3, -0.25) is 0 Å². The number of quaternary nitrogens is 1. The molecule has 2 nitrogen and oxygen atoms in total. The summed E-state index contributed by atoms with van der Waals surface area (Å²) in [4.78, 5) is 0. The van der Waals surface area contributed by atoms with Crippen LogP contribution in [0.5, 0.6) is 5.75 Å². The van der Waals surface area contributed by atoms with Gasteiger partial charge in [-0.1, -0.05) is 110 Å². The van der Waals surface area contributed by atoms with E-state index in [0.717, 1.165) is 0 Å². The third kappa shape index (κ3) is 14.1. The summed E-state index contributed by atoms with van der Waals surface area (Å²) in [5.74, 6) is -13.6. The second-order valence-electron chi connectivity index (χ2n) is 11.4. The molecule has 0 N–H and O–H groups in total. The van der Waals surface area contributed by atoms with Crippen LogP contribution in [0.2, 0.25) is 0 Å². The van der Waals surface area contributed by atoms with Crippen LogP contribution in [-0.2, 0) is 0 Å². The fourth-order valence-electron chi connectivity index (χ4n) is 5.30. The number of halogens is 5. The molecule has 38 heavy (non-hydrogen) atoms. The van der Waals surface area contributed by atoms with Gasteiger partial charge in [0.15, 0.2) is 29.1 Å². The van der Waals surface area contributed by atoms with Crippen molar-refractivity contribution in [2.75, 3.05) is 26.7 Å². The van der Waals surface area contributed by atoms with Crippen molar-refractivity contribution < 1.29 is 31.5 Å². The summed E-state index contributed by atoms with van der Waals surface area (Å²) < 4.78 is 61.8. The van der Waals surface area contributed by atoms with Crippen LogP contribution in [0.1, 0.15) is 135 Å². The molecule has 0 radical (unpaired) electrons. The maximum atomic E-state index is 12.1. The Bertz CT molecular complexity index is 647. The van der Waals surface area contributed by atoms with Crippen LogP contribution in [0.25, 0.3) is 0 Å². The Kier molecular flexibility index (Phi) is 18.7. The predicted octanol–water partition coefficient (Wildman–Crippen LogP) is 9.72. The van der Waals surface area contributed by atoms with Gasteiger partial charge in [-0.2, -0.15) is 0 Å². The Morgan fingerprint density at radius 2 is 0.789 bits per heavy atom. The second kappa shape index (κ2) is 20.5. The predicted molar refractivity (Wildman–Crippen MR) is 144 cm³/mol. The smallest absolute Gasteiger partial charge is 0.200 e. The summed E-state index contributed by atoms with van der Waals surface area (Å²) in [6.45, 7) is 6.63. The molecule has 1 saturated heterocycles. The van der Waals surface area contributed by atoms with E-state index in [0.29, 0.717) is 0 Å². The minimum absolute atomic E-state index is 1.37. The normalized spacial score (nSPS) is 14.5. The van der Waals surface area contributed by atoms with E-state index >= 15 is 0 Å². The summed E-state index contributed by atoms with van der Waals surface area (Å²) >= 11 is 0. The molecule has 1 fully saturated rings. The summed E-state index contributed by atoms with van der Waals surface area (Å²) in [5.41, 5.74) is 0. The lowest BCUT2D eigenvalue weighted by molar-refractivity contribution is -0.897. The van der Waals surface area contributed by atoms with Crippen LogP contribution in [0.15, 0.2) is 0 Å². The van der Waals surface area contributed by atoms with Gasteiger partial charge >= 0.3 is 0 Å². The Morgan fingerprint density at radius 1 is 0.500 bits per heavy atom. The molecule has 7 heteroatoms. The second-order valence-corrected chi connectivity index (χ2v) is 11.4. The molecule has 222 valence electrons. The van der Waals surface area contributed by atoms with E-state index in [2.05, 4.69) is 14.0 Å². The van der Waals surface area contributed by atoms with E-state index in [1.807, 2.05) is 0 Å². The lowest BCUT2D eigenvalue weighted by atomic mass is 10.0. The van der Waals surface area contributed by atoms with Crippen LogP contribution in [0, 0.1) is 29.1 Å². The highest BCUT2D eigenvalue weighted by Crippen LogP contribution is 2.25.